The van der Waals surface area contributed by atoms with Gasteiger partial charge in [-0.15, -0.1) is 0 Å². The molecule has 0 bridgehead atoms. The zero-order valence-electron chi connectivity index (χ0n) is 10.9. The number of esters is 1. The van der Waals surface area contributed by atoms with Crippen LogP contribution in [0.5, 0.6) is 0 Å². The predicted octanol–water partition coefficient (Wildman–Crippen LogP) is 2.94. The minimum absolute atomic E-state index is 0.167. The first-order valence-corrected chi connectivity index (χ1v) is 6.30. The summed E-state index contributed by atoms with van der Waals surface area (Å²) in [6.45, 7) is 9.03. The van der Waals surface area contributed by atoms with Crippen LogP contribution in [0.1, 0.15) is 34.6 Å². The monoisotopic (exact) mass is 312 g/mol. The van der Waals surface area contributed by atoms with Gasteiger partial charge < -0.3 is 14.9 Å². The molecule has 0 aromatic heterocycles. The van der Waals surface area contributed by atoms with Crippen LogP contribution < -0.4 is 0 Å². The van der Waals surface area contributed by atoms with Crippen molar-refractivity contribution in [2.24, 2.45) is 0 Å². The quantitative estimate of drug-likeness (QED) is 0.577. The molecule has 0 aromatic rings. The molecule has 0 unspecified atom stereocenters. The third-order valence-electron chi connectivity index (χ3n) is 0.348. The molecule has 0 aliphatic carbocycles. The van der Waals surface area contributed by atoms with E-state index in [4.69, 9.17) is 45.0 Å². The van der Waals surface area contributed by atoms with Crippen molar-refractivity contribution >= 4 is 40.8 Å². The second-order valence-electron chi connectivity index (χ2n) is 2.58. The number of carbonyl (C=O) groups is 1. The number of rotatable bonds is 1. The highest BCUT2D eigenvalue weighted by atomic mass is 35.6. The predicted molar refractivity (Wildman–Crippen MR) is 73.8 cm³/mol. The molecule has 0 saturated heterocycles. The maximum Gasteiger partial charge on any atom is 0.302 e. The standard InChI is InChI=1S/C4H8O2.C3H8O.C2H6O.CHCl3/c1-3-6-4(2)5;1-3(2)4;1-2-3;2-1(3)4/h3H2,1-2H3;3-4H,1-2H3;3H,2H2,1H3;1H. The van der Waals surface area contributed by atoms with E-state index in [1.165, 1.54) is 6.92 Å². The first-order valence-electron chi connectivity index (χ1n) is 4.99. The van der Waals surface area contributed by atoms with Gasteiger partial charge in [0.2, 0.25) is 0 Å². The fraction of sp³-hybridized carbons (Fsp3) is 0.900. The number of hydrogen-bond acceptors (Lipinski definition) is 4. The SMILES string of the molecule is CC(C)O.CCO.CCOC(C)=O.ClC(Cl)Cl. The molecule has 7 heteroatoms. The van der Waals surface area contributed by atoms with Crippen molar-refractivity contribution in [3.05, 3.63) is 0 Å². The third-order valence-corrected chi connectivity index (χ3v) is 0.348. The third kappa shape index (κ3) is 311. The van der Waals surface area contributed by atoms with Crippen LogP contribution in [0.15, 0.2) is 0 Å². The molecule has 2 N–H and O–H groups in total. The van der Waals surface area contributed by atoms with Crippen molar-refractivity contribution in [1.29, 1.82) is 0 Å². The van der Waals surface area contributed by atoms with Crippen molar-refractivity contribution in [3.63, 3.8) is 0 Å². The lowest BCUT2D eigenvalue weighted by atomic mass is 10.5. The average molecular weight is 314 g/mol. The molecule has 17 heavy (non-hydrogen) atoms. The Morgan fingerprint density at radius 3 is 1.41 bits per heavy atom. The van der Waals surface area contributed by atoms with Crippen LogP contribution in [-0.2, 0) is 9.53 Å². The van der Waals surface area contributed by atoms with Gasteiger partial charge in [0.25, 0.3) is 0 Å². The summed E-state index contributed by atoms with van der Waals surface area (Å²) in [7, 11) is 0. The van der Waals surface area contributed by atoms with Gasteiger partial charge in [0, 0.05) is 19.6 Å². The zero-order valence-corrected chi connectivity index (χ0v) is 13.2. The largest absolute Gasteiger partial charge is 0.466 e. The van der Waals surface area contributed by atoms with Crippen molar-refractivity contribution in [2.75, 3.05) is 13.2 Å². The molecule has 0 aliphatic heterocycles. The molecule has 0 aliphatic rings. The second-order valence-corrected chi connectivity index (χ2v) is 4.56. The van der Waals surface area contributed by atoms with Crippen LogP contribution in [-0.4, -0.2) is 39.8 Å². The van der Waals surface area contributed by atoms with E-state index in [1.54, 1.807) is 27.7 Å². The molecule has 0 radical (unpaired) electrons. The highest BCUT2D eigenvalue weighted by molar-refractivity contribution is 6.63. The molecule has 0 heterocycles. The number of aliphatic hydroxyl groups excluding tert-OH is 2. The number of ether oxygens (including phenoxy) is 1. The lowest BCUT2D eigenvalue weighted by molar-refractivity contribution is -0.140. The average Bonchev–Trinajstić information content (AvgIpc) is 2.01. The van der Waals surface area contributed by atoms with Crippen molar-refractivity contribution in [3.8, 4) is 0 Å². The molecule has 0 amide bonds. The Balaban J connectivity index is -0.0000000688. The van der Waals surface area contributed by atoms with Gasteiger partial charge in [-0.3, -0.25) is 4.79 Å². The Bertz CT molecular complexity index is 121. The summed E-state index contributed by atoms with van der Waals surface area (Å²) in [5.41, 5.74) is 0. The fourth-order valence-electron chi connectivity index (χ4n) is 0.203. The summed E-state index contributed by atoms with van der Waals surface area (Å²) in [4.78, 5) is 9.82. The van der Waals surface area contributed by atoms with Crippen LogP contribution in [0.25, 0.3) is 0 Å². The van der Waals surface area contributed by atoms with Crippen LogP contribution in [0.4, 0.5) is 0 Å². The summed E-state index contributed by atoms with van der Waals surface area (Å²) in [6.07, 6.45) is -0.167. The maximum atomic E-state index is 9.82. The smallest absolute Gasteiger partial charge is 0.302 e. The van der Waals surface area contributed by atoms with Gasteiger partial charge >= 0.3 is 5.97 Å². The minimum Gasteiger partial charge on any atom is -0.466 e. The van der Waals surface area contributed by atoms with E-state index >= 15 is 0 Å². The highest BCUT2D eigenvalue weighted by Gasteiger charge is 1.81. The number of aliphatic hydroxyl groups is 2. The molecule has 0 aromatic carbocycles. The summed E-state index contributed by atoms with van der Waals surface area (Å²) in [6, 6.07) is 0. The first kappa shape index (κ1) is 26.0. The lowest BCUT2D eigenvalue weighted by Crippen LogP contribution is -1.95. The van der Waals surface area contributed by atoms with Gasteiger partial charge in [-0.25, -0.2) is 0 Å². The van der Waals surface area contributed by atoms with Gasteiger partial charge in [-0.2, -0.15) is 0 Å². The van der Waals surface area contributed by atoms with Crippen LogP contribution in [0.2, 0.25) is 0 Å². The number of hydrogen-bond donors (Lipinski definition) is 2. The highest BCUT2D eigenvalue weighted by Crippen LogP contribution is 2.03. The first-order chi connectivity index (χ1) is 7.65. The normalized spacial score (nSPS) is 8.00. The Kier molecular flexibility index (Phi) is 38.5. The lowest BCUT2D eigenvalue weighted by Gasteiger charge is -1.89. The summed E-state index contributed by atoms with van der Waals surface area (Å²) < 4.78 is 3.65. The Morgan fingerprint density at radius 1 is 1.24 bits per heavy atom. The molecular weight excluding hydrogens is 290 g/mol. The topological polar surface area (TPSA) is 66.8 Å². The molecule has 4 nitrogen and oxygen atoms in total. The minimum atomic E-state index is -0.750. The maximum absolute atomic E-state index is 9.82. The number of halogens is 3. The molecule has 0 atom stereocenters. The van der Waals surface area contributed by atoms with Gasteiger partial charge in [0.05, 0.1) is 6.61 Å². The van der Waals surface area contributed by atoms with E-state index in [0.717, 1.165) is 0 Å². The number of carbonyl (C=O) groups excluding carboxylic acids is 1. The Morgan fingerprint density at radius 2 is 1.41 bits per heavy atom. The van der Waals surface area contributed by atoms with Crippen LogP contribution in [0.3, 0.4) is 0 Å². The molecule has 0 spiro atoms. The van der Waals surface area contributed by atoms with E-state index < -0.39 is 4.30 Å². The van der Waals surface area contributed by atoms with Crippen molar-refractivity contribution in [2.45, 2.75) is 45.0 Å². The van der Waals surface area contributed by atoms with E-state index in [1.807, 2.05) is 0 Å². The Hall–Kier alpha value is 0.260. The molecular formula is C10H23Cl3O4. The van der Waals surface area contributed by atoms with Gasteiger partial charge in [0.15, 0.2) is 4.30 Å². The van der Waals surface area contributed by atoms with Crippen LogP contribution in [0, 0.1) is 0 Å². The van der Waals surface area contributed by atoms with E-state index in [2.05, 4.69) is 4.74 Å². The van der Waals surface area contributed by atoms with Crippen molar-refractivity contribution < 1.29 is 19.7 Å². The zero-order chi connectivity index (χ0) is 14.9. The summed E-state index contributed by atoms with van der Waals surface area (Å²) in [5, 5.41) is 15.6. The van der Waals surface area contributed by atoms with E-state index in [-0.39, 0.29) is 18.7 Å². The van der Waals surface area contributed by atoms with Crippen molar-refractivity contribution in [1.82, 2.24) is 0 Å². The number of alkyl halides is 3. The van der Waals surface area contributed by atoms with E-state index in [0.29, 0.717) is 6.61 Å². The summed E-state index contributed by atoms with van der Waals surface area (Å²) in [5.74, 6) is -0.211. The van der Waals surface area contributed by atoms with Gasteiger partial charge in [-0.1, -0.05) is 34.8 Å². The Labute approximate surface area is 119 Å². The molecule has 0 saturated carbocycles. The molecule has 0 rings (SSSR count). The van der Waals surface area contributed by atoms with E-state index in [9.17, 15) is 4.79 Å². The molecule has 0 fully saturated rings. The summed E-state index contributed by atoms with van der Waals surface area (Å²) >= 11 is 14.4. The molecule has 108 valence electrons. The fourth-order valence-corrected chi connectivity index (χ4v) is 0.203. The van der Waals surface area contributed by atoms with Crippen LogP contribution >= 0.6 is 34.8 Å². The second kappa shape index (κ2) is 25.2. The van der Waals surface area contributed by atoms with Gasteiger partial charge in [0.1, 0.15) is 0 Å². The van der Waals surface area contributed by atoms with Gasteiger partial charge in [-0.05, 0) is 27.7 Å².